The Morgan fingerprint density at radius 2 is 1.37 bits per heavy atom. The summed E-state index contributed by atoms with van der Waals surface area (Å²) in [5.74, 6) is 0.776. The van der Waals surface area contributed by atoms with Crippen molar-refractivity contribution in [2.75, 3.05) is 31.1 Å². The SMILES string of the molecule is O=C(c1c2ccccc2cc2ccccc12)N1CCC(N2CCC[C@@H](C(=O)N(c3ccccc3)c3ccccn3)C2)CC1. The molecule has 0 aliphatic carbocycles. The molecule has 1 atom stereocenters. The Hall–Kier alpha value is -4.55. The highest BCUT2D eigenvalue weighted by atomic mass is 16.2. The molecular formula is C37H36N4O2. The molecule has 2 saturated heterocycles. The van der Waals surface area contributed by atoms with E-state index < -0.39 is 0 Å². The van der Waals surface area contributed by atoms with Gasteiger partial charge in [-0.1, -0.05) is 72.8 Å². The van der Waals surface area contributed by atoms with Gasteiger partial charge in [0.2, 0.25) is 5.91 Å². The average molecular weight is 569 g/mol. The summed E-state index contributed by atoms with van der Waals surface area (Å²) in [6.45, 7) is 3.17. The summed E-state index contributed by atoms with van der Waals surface area (Å²) in [6, 6.07) is 34.5. The highest BCUT2D eigenvalue weighted by molar-refractivity contribution is 6.18. The lowest BCUT2D eigenvalue weighted by atomic mass is 9.92. The predicted octanol–water partition coefficient (Wildman–Crippen LogP) is 7.07. The fourth-order valence-electron chi connectivity index (χ4n) is 6.99. The van der Waals surface area contributed by atoms with Gasteiger partial charge in [0.1, 0.15) is 5.82 Å². The van der Waals surface area contributed by atoms with E-state index in [1.807, 2.05) is 77.7 Å². The van der Waals surface area contributed by atoms with Crippen LogP contribution in [0, 0.1) is 5.92 Å². The molecule has 4 aromatic carbocycles. The van der Waals surface area contributed by atoms with E-state index in [-0.39, 0.29) is 17.7 Å². The largest absolute Gasteiger partial charge is 0.338 e. The number of nitrogens with zero attached hydrogens (tertiary/aromatic N) is 4. The van der Waals surface area contributed by atoms with Crippen LogP contribution in [-0.2, 0) is 4.79 Å². The zero-order chi connectivity index (χ0) is 29.2. The van der Waals surface area contributed by atoms with E-state index in [9.17, 15) is 9.59 Å². The molecule has 0 unspecified atom stereocenters. The van der Waals surface area contributed by atoms with Gasteiger partial charge in [0.05, 0.1) is 17.2 Å². The van der Waals surface area contributed by atoms with Crippen molar-refractivity contribution in [2.24, 2.45) is 5.92 Å². The Morgan fingerprint density at radius 1 is 0.721 bits per heavy atom. The molecule has 0 bridgehead atoms. The number of hydrogen-bond donors (Lipinski definition) is 0. The lowest BCUT2D eigenvalue weighted by molar-refractivity contribution is -0.123. The van der Waals surface area contributed by atoms with E-state index in [1.54, 1.807) is 11.1 Å². The maximum atomic E-state index is 14.1. The second-order valence-corrected chi connectivity index (χ2v) is 11.7. The molecular weight excluding hydrogens is 532 g/mol. The molecule has 2 amide bonds. The summed E-state index contributed by atoms with van der Waals surface area (Å²) in [5.41, 5.74) is 1.66. The molecule has 6 nitrogen and oxygen atoms in total. The number of hydrogen-bond acceptors (Lipinski definition) is 4. The Kier molecular flexibility index (Phi) is 7.60. The second kappa shape index (κ2) is 12.0. The van der Waals surface area contributed by atoms with Gasteiger partial charge in [-0.3, -0.25) is 19.4 Å². The van der Waals surface area contributed by atoms with E-state index in [4.69, 9.17) is 0 Å². The third-order valence-electron chi connectivity index (χ3n) is 9.17. The number of amides is 2. The number of fused-ring (bicyclic) bond motifs is 2. The average Bonchev–Trinajstić information content (AvgIpc) is 3.08. The van der Waals surface area contributed by atoms with Crippen molar-refractivity contribution in [1.29, 1.82) is 0 Å². The van der Waals surface area contributed by atoms with Gasteiger partial charge in [0, 0.05) is 31.9 Å². The van der Waals surface area contributed by atoms with Gasteiger partial charge in [-0.15, -0.1) is 0 Å². The molecule has 0 spiro atoms. The minimum atomic E-state index is -0.0994. The van der Waals surface area contributed by atoms with Crippen LogP contribution in [0.15, 0.2) is 109 Å². The summed E-state index contributed by atoms with van der Waals surface area (Å²) in [5, 5.41) is 4.22. The molecule has 7 rings (SSSR count). The Labute approximate surface area is 252 Å². The Bertz CT molecular complexity index is 1660. The molecule has 5 aromatic rings. The number of benzene rings is 4. The number of anilines is 2. The molecule has 1 aromatic heterocycles. The third-order valence-corrected chi connectivity index (χ3v) is 9.17. The topological polar surface area (TPSA) is 56.8 Å². The molecule has 0 radical (unpaired) electrons. The zero-order valence-corrected chi connectivity index (χ0v) is 24.3. The summed E-state index contributed by atoms with van der Waals surface area (Å²) < 4.78 is 0. The number of aromatic nitrogens is 1. The van der Waals surface area contributed by atoms with Crippen molar-refractivity contribution in [2.45, 2.75) is 31.7 Å². The first-order valence-corrected chi connectivity index (χ1v) is 15.4. The number of para-hydroxylation sites is 1. The molecule has 2 fully saturated rings. The van der Waals surface area contributed by atoms with Crippen LogP contribution in [-0.4, -0.2) is 58.8 Å². The maximum absolute atomic E-state index is 14.1. The lowest BCUT2D eigenvalue weighted by Gasteiger charge is -2.42. The van der Waals surface area contributed by atoms with Crippen molar-refractivity contribution in [3.63, 3.8) is 0 Å². The second-order valence-electron chi connectivity index (χ2n) is 11.7. The van der Waals surface area contributed by atoms with Gasteiger partial charge in [-0.25, -0.2) is 4.98 Å². The van der Waals surface area contributed by atoms with Gasteiger partial charge in [0.15, 0.2) is 0 Å². The fourth-order valence-corrected chi connectivity index (χ4v) is 6.99. The van der Waals surface area contributed by atoms with Crippen LogP contribution in [0.25, 0.3) is 21.5 Å². The molecule has 2 aliphatic rings. The smallest absolute Gasteiger partial charge is 0.255 e. The first kappa shape index (κ1) is 27.3. The first-order valence-electron chi connectivity index (χ1n) is 15.4. The minimum Gasteiger partial charge on any atom is -0.338 e. The molecule has 0 saturated carbocycles. The normalized spacial score (nSPS) is 18.1. The van der Waals surface area contributed by atoms with E-state index in [0.29, 0.717) is 11.9 Å². The van der Waals surface area contributed by atoms with Gasteiger partial charge in [-0.2, -0.15) is 0 Å². The number of likely N-dealkylation sites (tertiary alicyclic amines) is 2. The zero-order valence-electron chi connectivity index (χ0n) is 24.3. The number of piperidine rings is 2. The van der Waals surface area contributed by atoms with Crippen molar-refractivity contribution >= 4 is 44.9 Å². The van der Waals surface area contributed by atoms with Crippen molar-refractivity contribution in [3.8, 4) is 0 Å². The first-order chi connectivity index (χ1) is 21.2. The summed E-state index contributed by atoms with van der Waals surface area (Å²) in [6.07, 6.45) is 5.43. The van der Waals surface area contributed by atoms with Gasteiger partial charge in [-0.05, 0) is 84.1 Å². The molecule has 2 aliphatic heterocycles. The van der Waals surface area contributed by atoms with Crippen molar-refractivity contribution in [3.05, 3.63) is 115 Å². The maximum Gasteiger partial charge on any atom is 0.255 e. The minimum absolute atomic E-state index is 0.0994. The van der Waals surface area contributed by atoms with Crippen molar-refractivity contribution < 1.29 is 9.59 Å². The summed E-state index contributed by atoms with van der Waals surface area (Å²) >= 11 is 0. The van der Waals surface area contributed by atoms with Crippen LogP contribution in [0.3, 0.4) is 0 Å². The number of rotatable bonds is 5. The van der Waals surface area contributed by atoms with Gasteiger partial charge < -0.3 is 4.90 Å². The number of pyridine rings is 1. The standard InChI is InChI=1S/C37H36N4O2/c42-36(41(31-14-2-1-3-15-31)34-18-8-9-21-38-34)29-13-10-22-40(26-29)30-19-23-39(24-20-30)37(43)35-32-16-6-4-11-27(32)25-28-12-5-7-17-33(28)35/h1-9,11-12,14-18,21,25,29-30H,10,13,19-20,22-24,26H2/t29-/m1/s1. The number of carbonyl (C=O) groups excluding carboxylic acids is 2. The van der Waals surface area contributed by atoms with E-state index in [0.717, 1.165) is 84.7 Å². The quantitative estimate of drug-likeness (QED) is 0.213. The van der Waals surface area contributed by atoms with Crippen LogP contribution in [0.2, 0.25) is 0 Å². The van der Waals surface area contributed by atoms with Crippen LogP contribution in [0.4, 0.5) is 11.5 Å². The highest BCUT2D eigenvalue weighted by Crippen LogP contribution is 2.33. The van der Waals surface area contributed by atoms with Gasteiger partial charge in [0.25, 0.3) is 5.91 Å². The monoisotopic (exact) mass is 568 g/mol. The predicted molar refractivity (Wildman–Crippen MR) is 173 cm³/mol. The Balaban J connectivity index is 1.06. The van der Waals surface area contributed by atoms with E-state index in [1.165, 1.54) is 0 Å². The fraction of sp³-hybridized carbons (Fsp3) is 0.270. The van der Waals surface area contributed by atoms with Crippen LogP contribution in [0.1, 0.15) is 36.0 Å². The van der Waals surface area contributed by atoms with Crippen molar-refractivity contribution in [1.82, 2.24) is 14.8 Å². The van der Waals surface area contributed by atoms with Crippen LogP contribution < -0.4 is 4.90 Å². The highest BCUT2D eigenvalue weighted by Gasteiger charge is 2.35. The molecule has 43 heavy (non-hydrogen) atoms. The molecule has 3 heterocycles. The third kappa shape index (κ3) is 5.39. The molecule has 216 valence electrons. The lowest BCUT2D eigenvalue weighted by Crippen LogP contribution is -2.51. The molecule has 0 N–H and O–H groups in total. The summed E-state index contributed by atoms with van der Waals surface area (Å²) in [7, 11) is 0. The van der Waals surface area contributed by atoms with Crippen LogP contribution >= 0.6 is 0 Å². The van der Waals surface area contributed by atoms with Gasteiger partial charge >= 0.3 is 0 Å². The van der Waals surface area contributed by atoms with Crippen LogP contribution in [0.5, 0.6) is 0 Å². The Morgan fingerprint density at radius 3 is 2.05 bits per heavy atom. The molecule has 6 heteroatoms. The number of carbonyl (C=O) groups is 2. The summed E-state index contributed by atoms with van der Waals surface area (Å²) in [4.78, 5) is 38.9. The van der Waals surface area contributed by atoms with E-state index in [2.05, 4.69) is 40.2 Å². The van der Waals surface area contributed by atoms with E-state index >= 15 is 0 Å².